The number of ether oxygens (including phenoxy) is 3. The summed E-state index contributed by atoms with van der Waals surface area (Å²) in [5.41, 5.74) is 2.43. The minimum absolute atomic E-state index is 0.0381. The summed E-state index contributed by atoms with van der Waals surface area (Å²) >= 11 is 1.82. The van der Waals surface area contributed by atoms with Gasteiger partial charge in [0, 0.05) is 30.9 Å². The number of thiophene rings is 1. The molecule has 1 aromatic carbocycles. The lowest BCUT2D eigenvalue weighted by Crippen LogP contribution is -2.44. The van der Waals surface area contributed by atoms with Crippen LogP contribution in [0.3, 0.4) is 0 Å². The zero-order chi connectivity index (χ0) is 19.9. The average molecular weight is 404 g/mol. The highest BCUT2D eigenvalue weighted by molar-refractivity contribution is 7.10. The fourth-order valence-electron chi connectivity index (χ4n) is 3.28. The lowest BCUT2D eigenvalue weighted by atomic mass is 10.1. The second-order valence-electron chi connectivity index (χ2n) is 7.25. The molecule has 5 nitrogen and oxygen atoms in total. The third-order valence-corrected chi connectivity index (χ3v) is 5.98. The third kappa shape index (κ3) is 5.80. The second-order valence-corrected chi connectivity index (χ2v) is 8.25. The van der Waals surface area contributed by atoms with Crippen LogP contribution in [0.25, 0.3) is 0 Å². The van der Waals surface area contributed by atoms with Gasteiger partial charge in [0.15, 0.2) is 11.5 Å². The molecule has 1 aromatic heterocycles. The summed E-state index contributed by atoms with van der Waals surface area (Å²) in [6, 6.07) is 8.04. The number of hydrogen-bond acceptors (Lipinski definition) is 6. The highest BCUT2D eigenvalue weighted by atomic mass is 32.1. The SMILES string of the molecule is COc1cc(CCC(C)=O)ccc1OCC1CN(Cc2sccc2C)CCO1. The average Bonchev–Trinajstić information content (AvgIpc) is 3.09. The lowest BCUT2D eigenvalue weighted by Gasteiger charge is -2.32. The van der Waals surface area contributed by atoms with Crippen molar-refractivity contribution in [1.82, 2.24) is 4.90 Å². The maximum Gasteiger partial charge on any atom is 0.161 e. The van der Waals surface area contributed by atoms with E-state index < -0.39 is 0 Å². The number of carbonyl (C=O) groups is 1. The van der Waals surface area contributed by atoms with E-state index in [0.29, 0.717) is 24.5 Å². The van der Waals surface area contributed by atoms with Crippen LogP contribution in [0.4, 0.5) is 0 Å². The summed E-state index contributed by atoms with van der Waals surface area (Å²) in [5, 5.41) is 2.15. The molecule has 1 fully saturated rings. The van der Waals surface area contributed by atoms with Crippen molar-refractivity contribution in [3.8, 4) is 11.5 Å². The molecule has 0 radical (unpaired) electrons. The Labute approximate surface area is 171 Å². The fraction of sp³-hybridized carbons (Fsp3) is 0.500. The van der Waals surface area contributed by atoms with Crippen molar-refractivity contribution in [3.63, 3.8) is 0 Å². The van der Waals surface area contributed by atoms with Crippen LogP contribution in [0, 0.1) is 6.92 Å². The van der Waals surface area contributed by atoms with Crippen LogP contribution in [0.15, 0.2) is 29.6 Å². The summed E-state index contributed by atoms with van der Waals surface area (Å²) in [7, 11) is 1.64. The van der Waals surface area contributed by atoms with Crippen molar-refractivity contribution in [3.05, 3.63) is 45.6 Å². The van der Waals surface area contributed by atoms with Gasteiger partial charge in [0.2, 0.25) is 0 Å². The van der Waals surface area contributed by atoms with E-state index in [1.165, 1.54) is 10.4 Å². The molecule has 1 aliphatic rings. The molecule has 1 aliphatic heterocycles. The first-order valence-corrected chi connectivity index (χ1v) is 10.6. The number of rotatable bonds is 9. The van der Waals surface area contributed by atoms with E-state index >= 15 is 0 Å². The molecule has 0 N–H and O–H groups in total. The van der Waals surface area contributed by atoms with E-state index in [1.54, 1.807) is 14.0 Å². The molecule has 0 saturated carbocycles. The van der Waals surface area contributed by atoms with Crippen molar-refractivity contribution in [2.24, 2.45) is 0 Å². The predicted molar refractivity (Wildman–Crippen MR) is 112 cm³/mol. The van der Waals surface area contributed by atoms with Gasteiger partial charge >= 0.3 is 0 Å². The van der Waals surface area contributed by atoms with Crippen molar-refractivity contribution in [2.45, 2.75) is 39.3 Å². The first kappa shape index (κ1) is 20.8. The Morgan fingerprint density at radius 2 is 2.18 bits per heavy atom. The molecular formula is C22H29NO4S. The van der Waals surface area contributed by atoms with Crippen molar-refractivity contribution in [1.29, 1.82) is 0 Å². The molecule has 2 heterocycles. The predicted octanol–water partition coefficient (Wildman–Crippen LogP) is 3.87. The van der Waals surface area contributed by atoms with Crippen molar-refractivity contribution < 1.29 is 19.0 Å². The summed E-state index contributed by atoms with van der Waals surface area (Å²) < 4.78 is 17.4. The standard InChI is InChI=1S/C22H29NO4S/c1-16-8-11-28-22(16)14-23-9-10-26-19(13-23)15-27-20-7-6-18(5-4-17(2)24)12-21(20)25-3/h6-8,11-12,19H,4-5,9-10,13-15H2,1-3H3. The molecule has 1 atom stereocenters. The molecule has 6 heteroatoms. The highest BCUT2D eigenvalue weighted by Gasteiger charge is 2.22. The number of aryl methyl sites for hydroxylation is 2. The van der Waals surface area contributed by atoms with E-state index in [4.69, 9.17) is 14.2 Å². The molecular weight excluding hydrogens is 374 g/mol. The molecule has 28 heavy (non-hydrogen) atoms. The first-order chi connectivity index (χ1) is 13.5. The molecule has 1 saturated heterocycles. The Morgan fingerprint density at radius 3 is 2.89 bits per heavy atom. The van der Waals surface area contributed by atoms with Crippen LogP contribution in [-0.2, 0) is 22.5 Å². The number of ketones is 1. The Hall–Kier alpha value is -1.89. The Balaban J connectivity index is 1.54. The summed E-state index contributed by atoms with van der Waals surface area (Å²) in [6.07, 6.45) is 1.30. The van der Waals surface area contributed by atoms with E-state index in [-0.39, 0.29) is 11.9 Å². The zero-order valence-electron chi connectivity index (χ0n) is 16.9. The van der Waals surface area contributed by atoms with Gasteiger partial charge in [0.25, 0.3) is 0 Å². The molecule has 152 valence electrons. The smallest absolute Gasteiger partial charge is 0.161 e. The maximum atomic E-state index is 11.2. The Morgan fingerprint density at radius 1 is 1.32 bits per heavy atom. The van der Waals surface area contributed by atoms with E-state index in [2.05, 4.69) is 23.3 Å². The van der Waals surface area contributed by atoms with Crippen LogP contribution in [0.2, 0.25) is 0 Å². The summed E-state index contributed by atoms with van der Waals surface area (Å²) in [6.45, 7) is 7.76. The quantitative estimate of drug-likeness (QED) is 0.636. The minimum Gasteiger partial charge on any atom is -0.493 e. The number of Topliss-reactive ketones (excluding diaryl/α,β-unsaturated/α-hetero) is 1. The fourth-order valence-corrected chi connectivity index (χ4v) is 4.23. The Kier molecular flexibility index (Phi) is 7.48. The van der Waals surface area contributed by atoms with Gasteiger partial charge in [-0.25, -0.2) is 0 Å². The number of nitrogens with zero attached hydrogens (tertiary/aromatic N) is 1. The highest BCUT2D eigenvalue weighted by Crippen LogP contribution is 2.29. The van der Waals surface area contributed by atoms with Gasteiger partial charge in [-0.3, -0.25) is 4.90 Å². The number of morpholine rings is 1. The molecule has 0 aliphatic carbocycles. The zero-order valence-corrected chi connectivity index (χ0v) is 17.7. The number of carbonyl (C=O) groups excluding carboxylic acids is 1. The first-order valence-electron chi connectivity index (χ1n) is 9.71. The third-order valence-electron chi connectivity index (χ3n) is 4.98. The molecule has 0 bridgehead atoms. The normalized spacial score (nSPS) is 17.5. The molecule has 0 amide bonds. The van der Waals surface area contributed by atoms with Gasteiger partial charge in [-0.1, -0.05) is 6.07 Å². The van der Waals surface area contributed by atoms with Crippen LogP contribution >= 0.6 is 11.3 Å². The maximum absolute atomic E-state index is 11.2. The number of hydrogen-bond donors (Lipinski definition) is 0. The van der Waals surface area contributed by atoms with Gasteiger partial charge in [-0.15, -0.1) is 11.3 Å². The van der Waals surface area contributed by atoms with Crippen LogP contribution in [-0.4, -0.2) is 50.2 Å². The second kappa shape index (κ2) is 10.0. The monoisotopic (exact) mass is 403 g/mol. The molecule has 2 aromatic rings. The van der Waals surface area contributed by atoms with Gasteiger partial charge in [-0.2, -0.15) is 0 Å². The minimum atomic E-state index is 0.0381. The Bertz CT molecular complexity index is 789. The van der Waals surface area contributed by atoms with Crippen molar-refractivity contribution >= 4 is 17.1 Å². The van der Waals surface area contributed by atoms with Gasteiger partial charge in [0.1, 0.15) is 18.5 Å². The van der Waals surface area contributed by atoms with E-state index in [0.717, 1.165) is 38.2 Å². The van der Waals surface area contributed by atoms with E-state index in [9.17, 15) is 4.79 Å². The largest absolute Gasteiger partial charge is 0.493 e. The van der Waals surface area contributed by atoms with Crippen LogP contribution < -0.4 is 9.47 Å². The van der Waals surface area contributed by atoms with Crippen molar-refractivity contribution in [2.75, 3.05) is 33.4 Å². The van der Waals surface area contributed by atoms with Gasteiger partial charge in [0.05, 0.1) is 13.7 Å². The summed E-state index contributed by atoms with van der Waals surface area (Å²) in [4.78, 5) is 15.0. The number of methoxy groups -OCH3 is 1. The molecule has 3 rings (SSSR count). The van der Waals surface area contributed by atoms with Crippen LogP contribution in [0.1, 0.15) is 29.3 Å². The molecule has 0 spiro atoms. The topological polar surface area (TPSA) is 48.0 Å². The number of benzene rings is 1. The summed E-state index contributed by atoms with van der Waals surface area (Å²) in [5.74, 6) is 1.60. The van der Waals surface area contributed by atoms with Crippen LogP contribution in [0.5, 0.6) is 11.5 Å². The van der Waals surface area contributed by atoms with Gasteiger partial charge in [-0.05, 0) is 55.0 Å². The lowest BCUT2D eigenvalue weighted by molar-refractivity contribution is -0.116. The van der Waals surface area contributed by atoms with E-state index in [1.807, 2.05) is 29.5 Å². The van der Waals surface area contributed by atoms with Gasteiger partial charge < -0.3 is 19.0 Å². The molecule has 1 unspecified atom stereocenters.